The molecule has 0 rings (SSSR count). The topological polar surface area (TPSA) is 4.44 Å². The Morgan fingerprint density at radius 3 is 1.50 bits per heavy atom. The van der Waals surface area contributed by atoms with Gasteiger partial charge in [0.1, 0.15) is 0 Å². The zero-order chi connectivity index (χ0) is 9.23. The van der Waals surface area contributed by atoms with E-state index in [-0.39, 0.29) is 0 Å². The highest BCUT2D eigenvalue weighted by Crippen LogP contribution is 1.83. The van der Waals surface area contributed by atoms with Crippen LogP contribution in [0.3, 0.4) is 0 Å². The van der Waals surface area contributed by atoms with E-state index in [1.165, 1.54) is 51.7 Å². The molecule has 1 nitrogen and oxygen atoms in total. The van der Waals surface area contributed by atoms with Gasteiger partial charge >= 0.3 is 0 Å². The molecular formula is C11H26N+. The van der Waals surface area contributed by atoms with E-state index in [4.69, 9.17) is 0 Å². The Kier molecular flexibility index (Phi) is 9.02. The fraction of sp³-hybridized carbons (Fsp3) is 1.00. The minimum atomic E-state index is 1.34. The van der Waals surface area contributed by atoms with Gasteiger partial charge in [-0.3, -0.25) is 0 Å². The fourth-order valence-electron chi connectivity index (χ4n) is 1.58. The molecule has 0 aliphatic carbocycles. The second-order valence-electron chi connectivity index (χ2n) is 3.71. The molecule has 74 valence electrons. The molecule has 0 spiro atoms. The molecule has 0 bridgehead atoms. The molecule has 0 saturated carbocycles. The number of quaternary nitrogens is 1. The van der Waals surface area contributed by atoms with Crippen LogP contribution in [0, 0.1) is 0 Å². The first-order valence-corrected chi connectivity index (χ1v) is 5.68. The number of hydrogen-bond acceptors (Lipinski definition) is 0. The third-order valence-electron chi connectivity index (χ3n) is 2.37. The largest absolute Gasteiger partial charge is 0.335 e. The number of nitrogens with one attached hydrogen (secondary N) is 1. The minimum Gasteiger partial charge on any atom is -0.335 e. The molecule has 0 aliphatic rings. The molecule has 0 aliphatic heterocycles. The molecular weight excluding hydrogens is 146 g/mol. The normalized spacial score (nSPS) is 11.0. The zero-order valence-electron chi connectivity index (χ0n) is 9.16. The van der Waals surface area contributed by atoms with Crippen LogP contribution in [0.1, 0.15) is 52.9 Å². The molecule has 0 atom stereocenters. The van der Waals surface area contributed by atoms with Crippen molar-refractivity contribution in [1.82, 2.24) is 0 Å². The maximum atomic E-state index is 2.29. The average Bonchev–Trinajstić information content (AvgIpc) is 2.10. The van der Waals surface area contributed by atoms with Gasteiger partial charge in [-0.1, -0.05) is 33.6 Å². The van der Waals surface area contributed by atoms with E-state index >= 15 is 0 Å². The summed E-state index contributed by atoms with van der Waals surface area (Å²) in [5, 5.41) is 0. The molecule has 0 saturated heterocycles. The van der Waals surface area contributed by atoms with E-state index in [0.29, 0.717) is 0 Å². The SMILES string of the molecule is CCCC[NH+](CCC)CCCC. The van der Waals surface area contributed by atoms with Crippen molar-refractivity contribution in [3.8, 4) is 0 Å². The minimum absolute atomic E-state index is 1.34. The van der Waals surface area contributed by atoms with Crippen LogP contribution >= 0.6 is 0 Å². The van der Waals surface area contributed by atoms with Crippen LogP contribution in [0.4, 0.5) is 0 Å². The Hall–Kier alpha value is -0.0400. The summed E-state index contributed by atoms with van der Waals surface area (Å²) in [5.74, 6) is 0. The van der Waals surface area contributed by atoms with Crippen molar-refractivity contribution in [2.24, 2.45) is 0 Å². The van der Waals surface area contributed by atoms with Gasteiger partial charge in [0, 0.05) is 0 Å². The van der Waals surface area contributed by atoms with E-state index in [1.807, 2.05) is 4.90 Å². The monoisotopic (exact) mass is 172 g/mol. The first-order chi connectivity index (χ1) is 5.85. The summed E-state index contributed by atoms with van der Waals surface area (Å²) in [6.07, 6.45) is 6.83. The van der Waals surface area contributed by atoms with Crippen molar-refractivity contribution < 1.29 is 4.90 Å². The van der Waals surface area contributed by atoms with E-state index in [2.05, 4.69) is 20.8 Å². The summed E-state index contributed by atoms with van der Waals surface area (Å²) in [6.45, 7) is 11.0. The van der Waals surface area contributed by atoms with Crippen LogP contribution < -0.4 is 4.90 Å². The van der Waals surface area contributed by atoms with Crippen molar-refractivity contribution in [3.63, 3.8) is 0 Å². The first-order valence-electron chi connectivity index (χ1n) is 5.68. The molecule has 1 N–H and O–H groups in total. The molecule has 0 unspecified atom stereocenters. The Labute approximate surface area is 78.1 Å². The zero-order valence-corrected chi connectivity index (χ0v) is 9.16. The molecule has 12 heavy (non-hydrogen) atoms. The van der Waals surface area contributed by atoms with Crippen LogP contribution in [-0.2, 0) is 0 Å². The molecule has 0 aromatic rings. The summed E-state index contributed by atoms with van der Waals surface area (Å²) < 4.78 is 0. The van der Waals surface area contributed by atoms with Crippen molar-refractivity contribution in [2.45, 2.75) is 52.9 Å². The van der Waals surface area contributed by atoms with Gasteiger partial charge in [-0.05, 0) is 19.3 Å². The van der Waals surface area contributed by atoms with Gasteiger partial charge in [-0.2, -0.15) is 0 Å². The summed E-state index contributed by atoms with van der Waals surface area (Å²) in [7, 11) is 0. The Bertz CT molecular complexity index is 73.1. The summed E-state index contributed by atoms with van der Waals surface area (Å²) in [4.78, 5) is 1.82. The molecule has 0 aromatic carbocycles. The van der Waals surface area contributed by atoms with Crippen molar-refractivity contribution in [2.75, 3.05) is 19.6 Å². The summed E-state index contributed by atoms with van der Waals surface area (Å²) >= 11 is 0. The Morgan fingerprint density at radius 2 is 1.17 bits per heavy atom. The third kappa shape index (κ3) is 6.66. The van der Waals surface area contributed by atoms with Crippen LogP contribution in [0.15, 0.2) is 0 Å². The first kappa shape index (κ1) is 12.0. The quantitative estimate of drug-likeness (QED) is 0.570. The van der Waals surface area contributed by atoms with Gasteiger partial charge in [0.25, 0.3) is 0 Å². The molecule has 1 heteroatoms. The highest BCUT2D eigenvalue weighted by Gasteiger charge is 2.04. The predicted molar refractivity (Wildman–Crippen MR) is 55.7 cm³/mol. The molecule has 0 radical (unpaired) electrons. The third-order valence-corrected chi connectivity index (χ3v) is 2.37. The van der Waals surface area contributed by atoms with E-state index in [1.54, 1.807) is 0 Å². The van der Waals surface area contributed by atoms with Gasteiger partial charge in [-0.15, -0.1) is 0 Å². The maximum absolute atomic E-state index is 2.29. The van der Waals surface area contributed by atoms with Gasteiger partial charge in [0.2, 0.25) is 0 Å². The summed E-state index contributed by atoms with van der Waals surface area (Å²) in [5.41, 5.74) is 0. The van der Waals surface area contributed by atoms with Crippen molar-refractivity contribution in [3.05, 3.63) is 0 Å². The Morgan fingerprint density at radius 1 is 0.667 bits per heavy atom. The summed E-state index contributed by atoms with van der Waals surface area (Å²) in [6, 6.07) is 0. The molecule has 0 aromatic heterocycles. The van der Waals surface area contributed by atoms with E-state index in [9.17, 15) is 0 Å². The van der Waals surface area contributed by atoms with Gasteiger partial charge in [-0.25, -0.2) is 0 Å². The lowest BCUT2D eigenvalue weighted by atomic mass is 10.2. The van der Waals surface area contributed by atoms with Crippen LogP contribution in [-0.4, -0.2) is 19.6 Å². The van der Waals surface area contributed by atoms with Crippen LogP contribution in [0.2, 0.25) is 0 Å². The number of unbranched alkanes of at least 4 members (excludes halogenated alkanes) is 2. The second-order valence-corrected chi connectivity index (χ2v) is 3.71. The number of rotatable bonds is 8. The molecule has 0 amide bonds. The Balaban J connectivity index is 3.40. The molecule has 0 heterocycles. The van der Waals surface area contributed by atoms with E-state index < -0.39 is 0 Å². The average molecular weight is 172 g/mol. The highest BCUT2D eigenvalue weighted by atomic mass is 15.1. The maximum Gasteiger partial charge on any atom is 0.0770 e. The van der Waals surface area contributed by atoms with Crippen LogP contribution in [0.5, 0.6) is 0 Å². The highest BCUT2D eigenvalue weighted by molar-refractivity contribution is 4.35. The molecule has 0 fully saturated rings. The number of hydrogen-bond donors (Lipinski definition) is 1. The van der Waals surface area contributed by atoms with Crippen molar-refractivity contribution in [1.29, 1.82) is 0 Å². The van der Waals surface area contributed by atoms with Gasteiger partial charge < -0.3 is 4.90 Å². The lowest BCUT2D eigenvalue weighted by molar-refractivity contribution is -0.900. The van der Waals surface area contributed by atoms with Crippen LogP contribution in [0.25, 0.3) is 0 Å². The smallest absolute Gasteiger partial charge is 0.0770 e. The lowest BCUT2D eigenvalue weighted by Crippen LogP contribution is -3.12. The standard InChI is InChI=1S/C11H25N/c1-4-7-10-12(9-6-3)11-8-5-2/h4-11H2,1-3H3/p+1. The van der Waals surface area contributed by atoms with E-state index in [0.717, 1.165) is 0 Å². The lowest BCUT2D eigenvalue weighted by Gasteiger charge is -2.17. The van der Waals surface area contributed by atoms with Crippen molar-refractivity contribution >= 4 is 0 Å². The van der Waals surface area contributed by atoms with Gasteiger partial charge in [0.05, 0.1) is 19.6 Å². The second kappa shape index (κ2) is 9.05. The van der Waals surface area contributed by atoms with Gasteiger partial charge in [0.15, 0.2) is 0 Å². The predicted octanol–water partition coefficient (Wildman–Crippen LogP) is 1.88. The fourth-order valence-corrected chi connectivity index (χ4v) is 1.58.